The average Bonchev–Trinajstić information content (AvgIpc) is 3.16. The molecule has 0 atom stereocenters. The molecule has 3 heterocycles. The van der Waals surface area contributed by atoms with Crippen molar-refractivity contribution in [2.24, 2.45) is 0 Å². The van der Waals surface area contributed by atoms with Crippen molar-refractivity contribution in [1.29, 1.82) is 0 Å². The van der Waals surface area contributed by atoms with Crippen LogP contribution in [0.5, 0.6) is 0 Å². The summed E-state index contributed by atoms with van der Waals surface area (Å²) in [4.78, 5) is 24.8. The van der Waals surface area contributed by atoms with Gasteiger partial charge in [0.25, 0.3) is 0 Å². The van der Waals surface area contributed by atoms with Crippen molar-refractivity contribution in [2.45, 2.75) is 6.92 Å². The van der Waals surface area contributed by atoms with Crippen LogP contribution in [0.3, 0.4) is 0 Å². The van der Waals surface area contributed by atoms with Crippen LogP contribution in [0.4, 0.5) is 20.7 Å². The van der Waals surface area contributed by atoms with Gasteiger partial charge < -0.3 is 19.6 Å². The summed E-state index contributed by atoms with van der Waals surface area (Å²) in [6, 6.07) is 9.61. The van der Waals surface area contributed by atoms with Crippen molar-refractivity contribution in [3.63, 3.8) is 0 Å². The van der Waals surface area contributed by atoms with Gasteiger partial charge >= 0.3 is 6.03 Å². The fourth-order valence-electron chi connectivity index (χ4n) is 3.02. The number of hydrogen-bond donors (Lipinski definition) is 1. The number of nitrogens with zero attached hydrogens (tertiary/aromatic N) is 5. The Morgan fingerprint density at radius 2 is 1.93 bits per heavy atom. The van der Waals surface area contributed by atoms with Crippen LogP contribution in [-0.2, 0) is 0 Å². The second-order valence-electron chi connectivity index (χ2n) is 6.43. The molecule has 0 spiro atoms. The number of pyridine rings is 1. The quantitative estimate of drug-likeness (QED) is 0.749. The smallest absolute Gasteiger partial charge is 0.322 e. The minimum Gasteiger partial charge on any atom is -0.353 e. The maximum atomic E-state index is 13.7. The highest BCUT2D eigenvalue weighted by atomic mass is 19.1. The molecule has 1 aromatic carbocycles. The monoisotopic (exact) mass is 382 g/mol. The molecule has 8 nitrogen and oxygen atoms in total. The first-order valence-electron chi connectivity index (χ1n) is 8.92. The van der Waals surface area contributed by atoms with Crippen molar-refractivity contribution in [2.75, 3.05) is 36.4 Å². The molecule has 1 aliphatic heterocycles. The van der Waals surface area contributed by atoms with Crippen LogP contribution >= 0.6 is 0 Å². The Hall–Kier alpha value is -3.49. The summed E-state index contributed by atoms with van der Waals surface area (Å²) in [5.74, 6) is 1.38. The van der Waals surface area contributed by atoms with Gasteiger partial charge in [-0.15, -0.1) is 0 Å². The number of benzene rings is 1. The maximum Gasteiger partial charge on any atom is 0.322 e. The number of amides is 2. The lowest BCUT2D eigenvalue weighted by Gasteiger charge is -2.35. The summed E-state index contributed by atoms with van der Waals surface area (Å²) in [6.07, 6.45) is 1.71. The Morgan fingerprint density at radius 3 is 2.57 bits per heavy atom. The zero-order chi connectivity index (χ0) is 19.5. The summed E-state index contributed by atoms with van der Waals surface area (Å²) in [7, 11) is 0. The Bertz CT molecular complexity index is 967. The van der Waals surface area contributed by atoms with Crippen molar-refractivity contribution < 1.29 is 13.7 Å². The molecule has 2 amide bonds. The van der Waals surface area contributed by atoms with Gasteiger partial charge in [0.15, 0.2) is 0 Å². The van der Waals surface area contributed by atoms with Crippen molar-refractivity contribution >= 4 is 17.5 Å². The van der Waals surface area contributed by atoms with E-state index in [-0.39, 0.29) is 11.7 Å². The Morgan fingerprint density at radius 1 is 1.14 bits per heavy atom. The van der Waals surface area contributed by atoms with E-state index in [0.717, 1.165) is 11.4 Å². The minimum absolute atomic E-state index is 0.184. The highest BCUT2D eigenvalue weighted by molar-refractivity contribution is 5.89. The van der Waals surface area contributed by atoms with E-state index in [0.29, 0.717) is 37.9 Å². The van der Waals surface area contributed by atoms with Crippen LogP contribution in [0, 0.1) is 12.7 Å². The molecule has 0 bridgehead atoms. The molecule has 0 radical (unpaired) electrons. The summed E-state index contributed by atoms with van der Waals surface area (Å²) in [5, 5.41) is 6.50. The fraction of sp³-hybridized carbons (Fsp3) is 0.263. The molecular formula is C19H19FN6O2. The van der Waals surface area contributed by atoms with Gasteiger partial charge in [-0.1, -0.05) is 17.3 Å². The lowest BCUT2D eigenvalue weighted by atomic mass is 10.2. The van der Waals surface area contributed by atoms with Crippen LogP contribution in [0.1, 0.15) is 5.89 Å². The van der Waals surface area contributed by atoms with Crippen LogP contribution in [0.2, 0.25) is 0 Å². The first kappa shape index (κ1) is 17.9. The standard InChI is InChI=1S/C19H19FN6O2/c1-13-22-18(24-28-13)14-6-7-17(21-12-14)25-8-10-26(11-9-25)19(27)23-16-5-3-2-4-15(16)20/h2-7,12H,8-11H2,1H3,(H,23,27). The largest absolute Gasteiger partial charge is 0.353 e. The van der Waals surface area contributed by atoms with Crippen molar-refractivity contribution in [1.82, 2.24) is 20.0 Å². The number of anilines is 2. The number of hydrogen-bond acceptors (Lipinski definition) is 6. The molecule has 0 saturated carbocycles. The molecule has 1 aliphatic rings. The lowest BCUT2D eigenvalue weighted by Crippen LogP contribution is -2.50. The number of carbonyl (C=O) groups is 1. The average molecular weight is 382 g/mol. The van der Waals surface area contributed by atoms with E-state index >= 15 is 0 Å². The fourth-order valence-corrected chi connectivity index (χ4v) is 3.02. The van der Waals surface area contributed by atoms with Crippen LogP contribution in [0.15, 0.2) is 47.1 Å². The molecule has 1 fully saturated rings. The molecule has 2 aromatic heterocycles. The Kier molecular flexibility index (Phi) is 4.88. The molecule has 4 rings (SSSR count). The summed E-state index contributed by atoms with van der Waals surface area (Å²) in [5.41, 5.74) is 0.965. The normalized spacial score (nSPS) is 14.2. The summed E-state index contributed by atoms with van der Waals surface area (Å²) in [6.45, 7) is 4.05. The van der Waals surface area contributed by atoms with Gasteiger partial charge in [0.05, 0.1) is 5.69 Å². The number of aryl methyl sites for hydroxylation is 1. The van der Waals surface area contributed by atoms with Crippen LogP contribution < -0.4 is 10.2 Å². The van der Waals surface area contributed by atoms with E-state index in [1.54, 1.807) is 36.2 Å². The lowest BCUT2D eigenvalue weighted by molar-refractivity contribution is 0.208. The van der Waals surface area contributed by atoms with E-state index < -0.39 is 5.82 Å². The maximum absolute atomic E-state index is 13.7. The number of carbonyl (C=O) groups excluding carboxylic acids is 1. The van der Waals surface area contributed by atoms with Gasteiger partial charge in [-0.25, -0.2) is 14.2 Å². The van der Waals surface area contributed by atoms with Crippen molar-refractivity contribution in [3.05, 3.63) is 54.3 Å². The molecule has 1 N–H and O–H groups in total. The minimum atomic E-state index is -0.449. The van der Waals surface area contributed by atoms with E-state index in [9.17, 15) is 9.18 Å². The third-order valence-corrected chi connectivity index (χ3v) is 4.54. The topological polar surface area (TPSA) is 87.4 Å². The van der Waals surface area contributed by atoms with Gasteiger partial charge in [-0.05, 0) is 24.3 Å². The summed E-state index contributed by atoms with van der Waals surface area (Å²) >= 11 is 0. The number of piperazine rings is 1. The van der Waals surface area contributed by atoms with Crippen molar-refractivity contribution in [3.8, 4) is 11.4 Å². The molecule has 3 aromatic rings. The zero-order valence-corrected chi connectivity index (χ0v) is 15.3. The molecule has 0 unspecified atom stereocenters. The highest BCUT2D eigenvalue weighted by Crippen LogP contribution is 2.20. The number of para-hydroxylation sites is 1. The number of halogens is 1. The predicted octanol–water partition coefficient (Wildman–Crippen LogP) is 2.93. The molecule has 1 saturated heterocycles. The van der Waals surface area contributed by atoms with Gasteiger partial charge in [0.2, 0.25) is 11.7 Å². The second kappa shape index (κ2) is 7.63. The van der Waals surface area contributed by atoms with Gasteiger partial charge in [0, 0.05) is 44.9 Å². The van der Waals surface area contributed by atoms with E-state index in [1.165, 1.54) is 6.07 Å². The Labute approximate surface area is 161 Å². The second-order valence-corrected chi connectivity index (χ2v) is 6.43. The molecule has 9 heteroatoms. The Balaban J connectivity index is 1.35. The first-order chi connectivity index (χ1) is 13.6. The van der Waals surface area contributed by atoms with E-state index in [1.807, 2.05) is 12.1 Å². The first-order valence-corrected chi connectivity index (χ1v) is 8.92. The van der Waals surface area contributed by atoms with Gasteiger partial charge in [-0.3, -0.25) is 0 Å². The predicted molar refractivity (Wildman–Crippen MR) is 101 cm³/mol. The molecule has 0 aliphatic carbocycles. The molecular weight excluding hydrogens is 363 g/mol. The number of aromatic nitrogens is 3. The summed E-state index contributed by atoms with van der Waals surface area (Å²) < 4.78 is 18.7. The van der Waals surface area contributed by atoms with Crippen LogP contribution in [0.25, 0.3) is 11.4 Å². The number of urea groups is 1. The van der Waals surface area contributed by atoms with E-state index in [4.69, 9.17) is 4.52 Å². The highest BCUT2D eigenvalue weighted by Gasteiger charge is 2.22. The van der Waals surface area contributed by atoms with Gasteiger partial charge in [0.1, 0.15) is 11.6 Å². The van der Waals surface area contributed by atoms with Crippen LogP contribution in [-0.4, -0.2) is 52.2 Å². The van der Waals surface area contributed by atoms with Gasteiger partial charge in [-0.2, -0.15) is 4.98 Å². The third kappa shape index (κ3) is 3.78. The number of rotatable bonds is 3. The van der Waals surface area contributed by atoms with E-state index in [2.05, 4.69) is 25.3 Å². The SMILES string of the molecule is Cc1nc(-c2ccc(N3CCN(C(=O)Nc4ccccc4F)CC3)nc2)no1. The third-order valence-electron chi connectivity index (χ3n) is 4.54. The molecule has 144 valence electrons. The molecule has 28 heavy (non-hydrogen) atoms. The zero-order valence-electron chi connectivity index (χ0n) is 15.3. The number of nitrogens with one attached hydrogen (secondary N) is 1.